The molecule has 2 nitrogen and oxygen atoms in total. The van der Waals surface area contributed by atoms with Gasteiger partial charge in [-0.15, -0.1) is 0 Å². The topological polar surface area (TPSA) is 37.3 Å². The number of carbonyl (C=O) groups excluding carboxylic acids is 1. The van der Waals surface area contributed by atoms with Gasteiger partial charge in [-0.1, -0.05) is 63.6 Å². The van der Waals surface area contributed by atoms with Crippen molar-refractivity contribution in [2.24, 2.45) is 34.5 Å². The summed E-state index contributed by atoms with van der Waals surface area (Å²) < 4.78 is 0. The molecule has 0 aromatic heterocycles. The molecule has 2 heteroatoms. The number of aldehydes is 1. The van der Waals surface area contributed by atoms with Crippen molar-refractivity contribution >= 4 is 6.29 Å². The molecule has 6 atom stereocenters. The molecule has 30 heavy (non-hydrogen) atoms. The molecule has 5 unspecified atom stereocenters. The molecule has 0 aliphatic heterocycles. The summed E-state index contributed by atoms with van der Waals surface area (Å²) in [5.74, 6) is 3.62. The average molecular weight is 417 g/mol. The first-order valence-corrected chi connectivity index (χ1v) is 12.2. The van der Waals surface area contributed by atoms with Crippen molar-refractivity contribution in [3.63, 3.8) is 0 Å². The van der Waals surface area contributed by atoms with Gasteiger partial charge in [-0.3, -0.25) is 0 Å². The molecule has 4 aliphatic carbocycles. The summed E-state index contributed by atoms with van der Waals surface area (Å²) in [5.41, 5.74) is 5.59. The second kappa shape index (κ2) is 11.5. The highest BCUT2D eigenvalue weighted by Gasteiger charge is 2.58. The Balaban J connectivity index is 0.000000579. The van der Waals surface area contributed by atoms with Crippen LogP contribution in [0.4, 0.5) is 0 Å². The summed E-state index contributed by atoms with van der Waals surface area (Å²) in [6, 6.07) is 0. The summed E-state index contributed by atoms with van der Waals surface area (Å²) >= 11 is 0. The fourth-order valence-corrected chi connectivity index (χ4v) is 7.46. The number of aliphatic hydroxyl groups excluding tert-OH is 1. The van der Waals surface area contributed by atoms with Crippen LogP contribution in [0, 0.1) is 34.5 Å². The van der Waals surface area contributed by atoms with E-state index in [4.69, 9.17) is 9.90 Å². The maximum absolute atomic E-state index is 8.81. The number of aliphatic hydroxyl groups is 1. The van der Waals surface area contributed by atoms with E-state index in [-0.39, 0.29) is 0 Å². The molecule has 0 radical (unpaired) electrons. The minimum Gasteiger partial charge on any atom is -0.400 e. The van der Waals surface area contributed by atoms with Crippen LogP contribution in [-0.2, 0) is 4.79 Å². The Morgan fingerprint density at radius 2 is 1.67 bits per heavy atom. The number of rotatable bonds is 1. The summed E-state index contributed by atoms with van der Waals surface area (Å²) in [6.45, 7) is 21.5. The Morgan fingerprint density at radius 1 is 1.07 bits per heavy atom. The molecule has 0 spiro atoms. The van der Waals surface area contributed by atoms with Crippen molar-refractivity contribution in [1.82, 2.24) is 0 Å². The predicted octanol–water partition coefficient (Wildman–Crippen LogP) is 7.54. The third-order valence-electron chi connectivity index (χ3n) is 8.67. The van der Waals surface area contributed by atoms with E-state index in [1.54, 1.807) is 5.57 Å². The quantitative estimate of drug-likeness (QED) is 0.354. The van der Waals surface area contributed by atoms with Gasteiger partial charge in [-0.05, 0) is 99.7 Å². The second-order valence-corrected chi connectivity index (χ2v) is 9.92. The van der Waals surface area contributed by atoms with Crippen molar-refractivity contribution in [2.75, 3.05) is 7.11 Å². The third-order valence-corrected chi connectivity index (χ3v) is 8.67. The van der Waals surface area contributed by atoms with Gasteiger partial charge in [0.05, 0.1) is 0 Å². The Kier molecular flexibility index (Phi) is 10.3. The van der Waals surface area contributed by atoms with E-state index in [1.807, 2.05) is 13.8 Å². The van der Waals surface area contributed by atoms with Gasteiger partial charge in [-0.25, -0.2) is 0 Å². The lowest BCUT2D eigenvalue weighted by atomic mass is 9.46. The van der Waals surface area contributed by atoms with Crippen LogP contribution in [0.2, 0.25) is 0 Å². The lowest BCUT2D eigenvalue weighted by molar-refractivity contribution is -0.106. The maximum atomic E-state index is 8.81. The van der Waals surface area contributed by atoms with Crippen LogP contribution in [0.15, 0.2) is 36.0 Å². The first kappa shape index (κ1) is 26.9. The molecule has 3 fully saturated rings. The van der Waals surface area contributed by atoms with Gasteiger partial charge in [0.2, 0.25) is 0 Å². The molecule has 0 amide bonds. The summed E-state index contributed by atoms with van der Waals surface area (Å²) in [6.07, 6.45) is 14.3. The van der Waals surface area contributed by atoms with E-state index < -0.39 is 0 Å². The standard InChI is InChI=1S/C23H34.C2H4O.C2H6.CH4O/c1-15(2)19-8-9-20-18-7-6-17-14-16(3)10-12-22(17,4)21(18)11-13-23(19,20)5;1-2-3;2*1-2/h14,18-21H,1,3,6-13H2,2,4-5H3;2H,1H3;1-2H3;2H,1H3/t18?,19-,20?,21?,22?,23?;;;/m1.../s1. The summed E-state index contributed by atoms with van der Waals surface area (Å²) in [4.78, 5) is 8.81. The SMILES string of the molecule is C=C1C=C2CCC3C(CCC4(C)C3CC[C@@H]4C(=C)C)C2(C)CC1.CC.CC=O.CO. The molecule has 0 aromatic rings. The zero-order valence-corrected chi connectivity index (χ0v) is 20.9. The van der Waals surface area contributed by atoms with Crippen molar-refractivity contribution in [3.05, 3.63) is 36.0 Å². The van der Waals surface area contributed by atoms with Gasteiger partial charge in [-0.2, -0.15) is 0 Å². The number of allylic oxidation sites excluding steroid dienone is 4. The van der Waals surface area contributed by atoms with Gasteiger partial charge in [0.25, 0.3) is 0 Å². The van der Waals surface area contributed by atoms with Crippen molar-refractivity contribution in [1.29, 1.82) is 0 Å². The normalized spacial score (nSPS) is 38.4. The van der Waals surface area contributed by atoms with E-state index in [2.05, 4.69) is 40.0 Å². The maximum Gasteiger partial charge on any atom is 0.116 e. The molecule has 3 saturated carbocycles. The fourth-order valence-electron chi connectivity index (χ4n) is 7.46. The fraction of sp³-hybridized carbons (Fsp3) is 0.750. The van der Waals surface area contributed by atoms with Gasteiger partial charge in [0.15, 0.2) is 0 Å². The smallest absolute Gasteiger partial charge is 0.116 e. The van der Waals surface area contributed by atoms with Crippen LogP contribution in [0.3, 0.4) is 0 Å². The van der Waals surface area contributed by atoms with Gasteiger partial charge in [0, 0.05) is 7.11 Å². The predicted molar refractivity (Wildman–Crippen MR) is 130 cm³/mol. The van der Waals surface area contributed by atoms with Crippen LogP contribution >= 0.6 is 0 Å². The van der Waals surface area contributed by atoms with E-state index in [0.29, 0.717) is 10.8 Å². The van der Waals surface area contributed by atoms with E-state index in [1.165, 1.54) is 69.4 Å². The number of fused-ring (bicyclic) bond motifs is 5. The Bertz CT molecular complexity index is 631. The van der Waals surface area contributed by atoms with E-state index >= 15 is 0 Å². The first-order valence-electron chi connectivity index (χ1n) is 12.2. The van der Waals surface area contributed by atoms with Gasteiger partial charge in [0.1, 0.15) is 6.29 Å². The molecule has 0 aromatic carbocycles. The molecule has 0 heterocycles. The highest BCUT2D eigenvalue weighted by atomic mass is 16.2. The third kappa shape index (κ3) is 4.85. The van der Waals surface area contributed by atoms with E-state index in [0.717, 1.165) is 37.1 Å². The highest BCUT2D eigenvalue weighted by Crippen LogP contribution is 2.67. The van der Waals surface area contributed by atoms with Crippen LogP contribution in [0.25, 0.3) is 0 Å². The van der Waals surface area contributed by atoms with Gasteiger partial charge >= 0.3 is 0 Å². The lowest BCUT2D eigenvalue weighted by Gasteiger charge is -2.58. The Morgan fingerprint density at radius 3 is 2.23 bits per heavy atom. The Labute approximate surface area is 186 Å². The Hall–Kier alpha value is -1.15. The van der Waals surface area contributed by atoms with Crippen molar-refractivity contribution in [3.8, 4) is 0 Å². The zero-order valence-electron chi connectivity index (χ0n) is 20.9. The molecular formula is C28H48O2. The van der Waals surface area contributed by atoms with Crippen LogP contribution < -0.4 is 0 Å². The van der Waals surface area contributed by atoms with Gasteiger partial charge < -0.3 is 9.90 Å². The number of hydrogen-bond donors (Lipinski definition) is 1. The molecule has 4 aliphatic rings. The lowest BCUT2D eigenvalue weighted by Crippen LogP contribution is -2.50. The monoisotopic (exact) mass is 416 g/mol. The molecule has 4 rings (SSSR count). The molecular weight excluding hydrogens is 368 g/mol. The zero-order chi connectivity index (χ0) is 23.1. The summed E-state index contributed by atoms with van der Waals surface area (Å²) in [7, 11) is 1.00. The molecule has 0 saturated heterocycles. The summed E-state index contributed by atoms with van der Waals surface area (Å²) in [5, 5.41) is 7.00. The highest BCUT2D eigenvalue weighted by molar-refractivity contribution is 5.44. The van der Waals surface area contributed by atoms with Crippen LogP contribution in [-0.4, -0.2) is 18.5 Å². The number of hydrogen-bond acceptors (Lipinski definition) is 2. The molecule has 172 valence electrons. The molecule has 0 bridgehead atoms. The first-order chi connectivity index (χ1) is 14.3. The van der Waals surface area contributed by atoms with Crippen LogP contribution in [0.5, 0.6) is 0 Å². The largest absolute Gasteiger partial charge is 0.400 e. The second-order valence-electron chi connectivity index (χ2n) is 9.92. The molecule has 1 N–H and O–H groups in total. The average Bonchev–Trinajstić information content (AvgIpc) is 3.10. The van der Waals surface area contributed by atoms with Crippen LogP contribution in [0.1, 0.15) is 92.9 Å². The minimum absolute atomic E-state index is 0.479. The van der Waals surface area contributed by atoms with E-state index in [9.17, 15) is 0 Å². The van der Waals surface area contributed by atoms with Crippen molar-refractivity contribution < 1.29 is 9.90 Å². The minimum atomic E-state index is 0.479. The van der Waals surface area contributed by atoms with Crippen molar-refractivity contribution in [2.45, 2.75) is 92.9 Å². The number of carbonyl (C=O) groups is 1.